The second-order valence-electron chi connectivity index (χ2n) is 11.4. The summed E-state index contributed by atoms with van der Waals surface area (Å²) in [5.74, 6) is -6.94. The quantitative estimate of drug-likeness (QED) is 0.175. The average molecular weight is 543 g/mol. The number of hydrogen-bond acceptors (Lipinski definition) is 10. The molecule has 5 atom stereocenters. The van der Waals surface area contributed by atoms with Gasteiger partial charge in [0, 0.05) is 29.3 Å². The van der Waals surface area contributed by atoms with Crippen LogP contribution < -0.4 is 16.4 Å². The third kappa shape index (κ3) is 3.89. The van der Waals surface area contributed by atoms with Crippen LogP contribution in [0.5, 0.6) is 5.75 Å². The minimum atomic E-state index is -2.68. The first-order valence-corrected chi connectivity index (χ1v) is 13.2. The summed E-state index contributed by atoms with van der Waals surface area (Å²) in [6.45, 7) is 8.16. The van der Waals surface area contributed by atoms with E-state index in [0.717, 1.165) is 6.42 Å². The second-order valence-corrected chi connectivity index (χ2v) is 11.4. The van der Waals surface area contributed by atoms with Gasteiger partial charge in [0.15, 0.2) is 11.4 Å². The van der Waals surface area contributed by atoms with Gasteiger partial charge in [-0.15, -0.1) is 0 Å². The molecule has 11 heteroatoms. The van der Waals surface area contributed by atoms with Gasteiger partial charge in [0.2, 0.25) is 5.78 Å². The topological polar surface area (TPSA) is 191 Å². The number of phenolic OH excluding ortho intramolecular Hbond substituents is 1. The van der Waals surface area contributed by atoms with Crippen molar-refractivity contribution in [1.29, 1.82) is 0 Å². The van der Waals surface area contributed by atoms with Crippen molar-refractivity contribution in [2.24, 2.45) is 17.6 Å². The van der Waals surface area contributed by atoms with Gasteiger partial charge < -0.3 is 36.8 Å². The molecule has 0 aromatic heterocycles. The average Bonchev–Trinajstić information content (AvgIpc) is 2.83. The summed E-state index contributed by atoms with van der Waals surface area (Å²) in [6, 6.07) is 0.670. The number of ketones is 2. The maximum atomic E-state index is 14.0. The molecule has 1 amide bonds. The molecule has 0 saturated heterocycles. The number of Topliss-reactive ketones (excluding diaryl/α,β-unsaturated/α-hetero) is 2. The van der Waals surface area contributed by atoms with Crippen LogP contribution in [-0.4, -0.2) is 80.6 Å². The standard InChI is InChI=1S/C28H38N4O7/c1-7-12(4)32(11(2)3)17-10-16(29)22(33)19-14(17)8-13-9-15-21(31(5)6)24(35)20(27(30)38)26(37)28(15,39)25(36)18(13)23(19)34/h10-13,15,21,33-34,37,39H,7-9,29H2,1-6H3,(H2,30,38)/t12?,13?,15?,21-,28-/m0/s1. The maximum absolute atomic E-state index is 14.0. The fraction of sp³-hybridized carbons (Fsp3) is 0.536. The molecular formula is C28H38N4O7. The monoisotopic (exact) mass is 542 g/mol. The number of likely N-dealkylation sites (N-methyl/N-ethyl adjacent to an activating group) is 1. The normalized spacial score (nSPS) is 27.5. The van der Waals surface area contributed by atoms with Crippen LogP contribution in [0, 0.1) is 11.8 Å². The van der Waals surface area contributed by atoms with Crippen LogP contribution in [0.4, 0.5) is 11.4 Å². The molecule has 1 saturated carbocycles. The van der Waals surface area contributed by atoms with Crippen molar-refractivity contribution >= 4 is 34.6 Å². The van der Waals surface area contributed by atoms with E-state index in [2.05, 4.69) is 11.8 Å². The number of fused-ring (bicyclic) bond motifs is 3. The lowest BCUT2D eigenvalue weighted by Gasteiger charge is -2.50. The minimum Gasteiger partial charge on any atom is -0.508 e. The fourth-order valence-corrected chi connectivity index (χ4v) is 6.76. The van der Waals surface area contributed by atoms with Crippen molar-refractivity contribution in [3.63, 3.8) is 0 Å². The van der Waals surface area contributed by atoms with Crippen molar-refractivity contribution in [3.8, 4) is 5.75 Å². The summed E-state index contributed by atoms with van der Waals surface area (Å²) in [6.07, 6.45) is 1.05. The number of amides is 1. The molecule has 0 spiro atoms. The van der Waals surface area contributed by atoms with E-state index >= 15 is 0 Å². The number of anilines is 2. The highest BCUT2D eigenvalue weighted by Crippen LogP contribution is 2.54. The van der Waals surface area contributed by atoms with E-state index in [-0.39, 0.29) is 41.7 Å². The van der Waals surface area contributed by atoms with Crippen LogP contribution in [0.3, 0.4) is 0 Å². The maximum Gasteiger partial charge on any atom is 0.255 e. The summed E-state index contributed by atoms with van der Waals surface area (Å²) in [7, 11) is 3.14. The highest BCUT2D eigenvalue weighted by molar-refractivity contribution is 6.24. The van der Waals surface area contributed by atoms with E-state index in [1.165, 1.54) is 4.90 Å². The minimum absolute atomic E-state index is 0.00441. The number of aliphatic hydroxyl groups is 3. The summed E-state index contributed by atoms with van der Waals surface area (Å²) in [5.41, 5.74) is 9.15. The lowest BCUT2D eigenvalue weighted by Crippen LogP contribution is -2.65. The first-order chi connectivity index (χ1) is 18.1. The molecule has 1 fully saturated rings. The SMILES string of the molecule is CCC(C)N(c1cc(N)c(O)c2c1CC1CC3[C@H](N(C)C)C(=O)C(C(N)=O)=C(O)[C@@]3(O)C(=O)C1=C2O)C(C)C. The molecule has 3 unspecified atom stereocenters. The Hall–Kier alpha value is -3.57. The molecule has 0 bridgehead atoms. The number of primary amides is 1. The Balaban J connectivity index is 2.01. The van der Waals surface area contributed by atoms with Gasteiger partial charge in [-0.2, -0.15) is 0 Å². The number of benzene rings is 1. The zero-order valence-corrected chi connectivity index (χ0v) is 23.1. The van der Waals surface area contributed by atoms with Crippen LogP contribution in [-0.2, 0) is 20.8 Å². The fourth-order valence-electron chi connectivity index (χ4n) is 6.76. The number of carbonyl (C=O) groups excluding carboxylic acids is 3. The van der Waals surface area contributed by atoms with Crippen LogP contribution in [0.2, 0.25) is 0 Å². The van der Waals surface area contributed by atoms with Crippen LogP contribution in [0.1, 0.15) is 51.7 Å². The molecular weight excluding hydrogens is 504 g/mol. The highest BCUT2D eigenvalue weighted by Gasteiger charge is 2.64. The predicted octanol–water partition coefficient (Wildman–Crippen LogP) is 1.56. The molecule has 0 radical (unpaired) electrons. The van der Waals surface area contributed by atoms with Crippen molar-refractivity contribution in [3.05, 3.63) is 34.1 Å². The Bertz CT molecular complexity index is 1330. The highest BCUT2D eigenvalue weighted by atomic mass is 16.3. The largest absolute Gasteiger partial charge is 0.508 e. The second kappa shape index (κ2) is 9.56. The Morgan fingerprint density at radius 2 is 1.79 bits per heavy atom. The number of rotatable bonds is 6. The summed E-state index contributed by atoms with van der Waals surface area (Å²) in [4.78, 5) is 43.0. The number of aliphatic hydroxyl groups excluding tert-OH is 2. The smallest absolute Gasteiger partial charge is 0.255 e. The molecule has 1 aromatic rings. The zero-order valence-electron chi connectivity index (χ0n) is 23.1. The van der Waals surface area contributed by atoms with Gasteiger partial charge >= 0.3 is 0 Å². The third-order valence-electron chi connectivity index (χ3n) is 8.63. The predicted molar refractivity (Wildman–Crippen MR) is 146 cm³/mol. The molecule has 4 rings (SSSR count). The molecule has 3 aliphatic carbocycles. The van der Waals surface area contributed by atoms with Gasteiger partial charge in [-0.1, -0.05) is 6.92 Å². The van der Waals surface area contributed by atoms with E-state index in [1.807, 2.05) is 20.8 Å². The van der Waals surface area contributed by atoms with Crippen LogP contribution in [0.15, 0.2) is 23.0 Å². The van der Waals surface area contributed by atoms with E-state index in [4.69, 9.17) is 11.5 Å². The zero-order chi connectivity index (χ0) is 29.3. The van der Waals surface area contributed by atoms with E-state index in [0.29, 0.717) is 11.3 Å². The Morgan fingerprint density at radius 1 is 1.18 bits per heavy atom. The number of carbonyl (C=O) groups is 3. The lowest BCUT2D eigenvalue weighted by atomic mass is 9.57. The number of nitrogens with zero attached hydrogens (tertiary/aromatic N) is 2. The van der Waals surface area contributed by atoms with Crippen molar-refractivity contribution < 1.29 is 34.8 Å². The molecule has 0 heterocycles. The van der Waals surface area contributed by atoms with E-state index < -0.39 is 63.8 Å². The van der Waals surface area contributed by atoms with Gasteiger partial charge in [0.05, 0.1) is 17.3 Å². The molecule has 8 N–H and O–H groups in total. The summed E-state index contributed by atoms with van der Waals surface area (Å²) >= 11 is 0. The molecule has 1 aromatic carbocycles. The van der Waals surface area contributed by atoms with Crippen molar-refractivity contribution in [2.75, 3.05) is 24.7 Å². The Labute approximate surface area is 227 Å². The van der Waals surface area contributed by atoms with E-state index in [1.54, 1.807) is 20.2 Å². The van der Waals surface area contributed by atoms with Crippen molar-refractivity contribution in [1.82, 2.24) is 4.90 Å². The number of hydrogen-bond donors (Lipinski definition) is 6. The number of nitrogen functional groups attached to an aromatic ring is 1. The van der Waals surface area contributed by atoms with Crippen molar-refractivity contribution in [2.45, 2.75) is 70.7 Å². The number of nitrogens with two attached hydrogens (primary N) is 2. The molecule has 11 nitrogen and oxygen atoms in total. The number of aromatic hydroxyl groups is 1. The summed E-state index contributed by atoms with van der Waals surface area (Å²) in [5, 5.41) is 45.2. The van der Waals surface area contributed by atoms with Gasteiger partial charge in [-0.25, -0.2) is 0 Å². The van der Waals surface area contributed by atoms with Gasteiger partial charge in [-0.05, 0) is 71.7 Å². The van der Waals surface area contributed by atoms with Crippen LogP contribution >= 0.6 is 0 Å². The number of phenols is 1. The lowest BCUT2D eigenvalue weighted by molar-refractivity contribution is -0.153. The first kappa shape index (κ1) is 28.4. The molecule has 3 aliphatic rings. The summed E-state index contributed by atoms with van der Waals surface area (Å²) < 4.78 is 0. The molecule has 0 aliphatic heterocycles. The van der Waals surface area contributed by atoms with Crippen LogP contribution in [0.25, 0.3) is 5.76 Å². The van der Waals surface area contributed by atoms with Gasteiger partial charge in [-0.3, -0.25) is 19.3 Å². The Kier molecular flexibility index (Phi) is 6.97. The van der Waals surface area contributed by atoms with Gasteiger partial charge in [0.25, 0.3) is 5.91 Å². The first-order valence-electron chi connectivity index (χ1n) is 13.2. The third-order valence-corrected chi connectivity index (χ3v) is 8.63. The van der Waals surface area contributed by atoms with E-state index in [9.17, 15) is 34.8 Å². The molecule has 212 valence electrons. The molecule has 39 heavy (non-hydrogen) atoms. The Morgan fingerprint density at radius 3 is 2.31 bits per heavy atom. The van der Waals surface area contributed by atoms with Gasteiger partial charge in [0.1, 0.15) is 22.8 Å².